The van der Waals surface area contributed by atoms with Crippen LogP contribution >= 0.6 is 11.6 Å². The van der Waals surface area contributed by atoms with Crippen LogP contribution < -0.4 is 4.90 Å². The van der Waals surface area contributed by atoms with Crippen LogP contribution in [0.3, 0.4) is 0 Å². The topological polar surface area (TPSA) is 42.2 Å². The number of halogens is 1. The summed E-state index contributed by atoms with van der Waals surface area (Å²) in [6.07, 6.45) is 0. The summed E-state index contributed by atoms with van der Waals surface area (Å²) >= 11 is 5.92. The molecule has 0 fully saturated rings. The second kappa shape index (κ2) is 5.40. The molecular formula is C13H16ClN3O. The molecule has 1 heterocycles. The van der Waals surface area contributed by atoms with E-state index >= 15 is 0 Å². The molecule has 0 N–H and O–H groups in total. The van der Waals surface area contributed by atoms with Gasteiger partial charge in [0.05, 0.1) is 0 Å². The van der Waals surface area contributed by atoms with Crippen molar-refractivity contribution in [1.29, 1.82) is 0 Å². The number of anilines is 2. The first-order valence-corrected chi connectivity index (χ1v) is 6.37. The molecule has 18 heavy (non-hydrogen) atoms. The Hall–Kier alpha value is -1.55. The Kier molecular flexibility index (Phi) is 3.87. The molecule has 0 saturated heterocycles. The Balaban J connectivity index is 2.33. The summed E-state index contributed by atoms with van der Waals surface area (Å²) in [6.45, 7) is 6.65. The van der Waals surface area contributed by atoms with Crippen LogP contribution in [0.2, 0.25) is 0 Å². The van der Waals surface area contributed by atoms with Crippen LogP contribution in [-0.2, 0) is 0 Å². The predicted octanol–water partition coefficient (Wildman–Crippen LogP) is 3.84. The third-order valence-corrected chi connectivity index (χ3v) is 2.82. The zero-order chi connectivity index (χ0) is 13.1. The molecule has 0 amide bonds. The fraction of sp³-hybridized carbons (Fsp3) is 0.385. The summed E-state index contributed by atoms with van der Waals surface area (Å²) in [5, 5.41) is 7.71. The highest BCUT2D eigenvalue weighted by Gasteiger charge is 2.17. The molecule has 2 rings (SSSR count). The second-order valence-electron chi connectivity index (χ2n) is 4.12. The lowest BCUT2D eigenvalue weighted by Gasteiger charge is -2.18. The number of hydrogen-bond donors (Lipinski definition) is 0. The average Bonchev–Trinajstić information content (AvgIpc) is 2.80. The SMILES string of the molecule is CCN(c1cccc(C)c1)c1nnc(C(C)Cl)o1. The van der Waals surface area contributed by atoms with Gasteiger partial charge in [0.2, 0.25) is 5.89 Å². The normalized spacial score (nSPS) is 12.4. The minimum Gasteiger partial charge on any atom is -0.406 e. The quantitative estimate of drug-likeness (QED) is 0.788. The molecule has 5 heteroatoms. The van der Waals surface area contributed by atoms with Crippen molar-refractivity contribution >= 4 is 23.3 Å². The lowest BCUT2D eigenvalue weighted by atomic mass is 10.2. The van der Waals surface area contributed by atoms with Crippen LogP contribution in [0.1, 0.15) is 30.7 Å². The van der Waals surface area contributed by atoms with E-state index in [2.05, 4.69) is 29.3 Å². The van der Waals surface area contributed by atoms with Gasteiger partial charge < -0.3 is 4.42 Å². The van der Waals surface area contributed by atoms with Crippen LogP contribution in [0.25, 0.3) is 0 Å². The minimum atomic E-state index is -0.275. The van der Waals surface area contributed by atoms with Gasteiger partial charge in [-0.1, -0.05) is 17.2 Å². The molecule has 0 aliphatic carbocycles. The zero-order valence-corrected chi connectivity index (χ0v) is 11.5. The number of aromatic nitrogens is 2. The van der Waals surface area contributed by atoms with Gasteiger partial charge in [0.25, 0.3) is 0 Å². The molecule has 0 spiro atoms. The lowest BCUT2D eigenvalue weighted by Crippen LogP contribution is -2.16. The maximum absolute atomic E-state index is 5.92. The van der Waals surface area contributed by atoms with Crippen molar-refractivity contribution in [2.75, 3.05) is 11.4 Å². The maximum atomic E-state index is 5.92. The summed E-state index contributed by atoms with van der Waals surface area (Å²) in [7, 11) is 0. The van der Waals surface area contributed by atoms with Crippen molar-refractivity contribution in [2.24, 2.45) is 0 Å². The monoisotopic (exact) mass is 265 g/mol. The molecule has 1 aromatic heterocycles. The smallest absolute Gasteiger partial charge is 0.322 e. The summed E-state index contributed by atoms with van der Waals surface area (Å²) in [4.78, 5) is 1.96. The van der Waals surface area contributed by atoms with E-state index < -0.39 is 0 Å². The third-order valence-electron chi connectivity index (χ3n) is 2.63. The number of nitrogens with zero attached hydrogens (tertiary/aromatic N) is 3. The van der Waals surface area contributed by atoms with Crippen molar-refractivity contribution < 1.29 is 4.42 Å². The highest BCUT2D eigenvalue weighted by Crippen LogP contribution is 2.27. The summed E-state index contributed by atoms with van der Waals surface area (Å²) in [5.41, 5.74) is 2.23. The first kappa shape index (κ1) is 12.9. The van der Waals surface area contributed by atoms with Gasteiger partial charge in [-0.2, -0.15) is 0 Å². The first-order valence-electron chi connectivity index (χ1n) is 5.93. The third kappa shape index (κ3) is 2.64. The number of rotatable bonds is 4. The average molecular weight is 266 g/mol. The molecule has 1 aromatic carbocycles. The van der Waals surface area contributed by atoms with Gasteiger partial charge >= 0.3 is 6.01 Å². The highest BCUT2D eigenvalue weighted by atomic mass is 35.5. The summed E-state index contributed by atoms with van der Waals surface area (Å²) in [5.74, 6) is 0.442. The van der Waals surface area contributed by atoms with Crippen molar-refractivity contribution in [2.45, 2.75) is 26.1 Å². The van der Waals surface area contributed by atoms with Gasteiger partial charge in [-0.25, -0.2) is 0 Å². The van der Waals surface area contributed by atoms with Crippen LogP contribution in [0, 0.1) is 6.92 Å². The summed E-state index contributed by atoms with van der Waals surface area (Å²) < 4.78 is 5.56. The molecule has 0 radical (unpaired) electrons. The number of benzene rings is 1. The van der Waals surface area contributed by atoms with E-state index in [0.29, 0.717) is 11.9 Å². The number of hydrogen-bond acceptors (Lipinski definition) is 4. The van der Waals surface area contributed by atoms with E-state index in [4.69, 9.17) is 16.0 Å². The largest absolute Gasteiger partial charge is 0.406 e. The predicted molar refractivity (Wildman–Crippen MR) is 72.4 cm³/mol. The Morgan fingerprint density at radius 1 is 1.39 bits per heavy atom. The fourth-order valence-electron chi connectivity index (χ4n) is 1.72. The van der Waals surface area contributed by atoms with E-state index in [1.165, 1.54) is 5.56 Å². The van der Waals surface area contributed by atoms with Gasteiger partial charge in [-0.05, 0) is 38.5 Å². The first-order chi connectivity index (χ1) is 8.61. The molecule has 0 aliphatic heterocycles. The van der Waals surface area contributed by atoms with Gasteiger partial charge in [-0.15, -0.1) is 16.7 Å². The van der Waals surface area contributed by atoms with Gasteiger partial charge in [0.15, 0.2) is 0 Å². The van der Waals surface area contributed by atoms with Crippen LogP contribution in [-0.4, -0.2) is 16.7 Å². The van der Waals surface area contributed by atoms with Crippen molar-refractivity contribution in [3.05, 3.63) is 35.7 Å². The molecule has 0 aliphatic rings. The van der Waals surface area contributed by atoms with Crippen LogP contribution in [0.5, 0.6) is 0 Å². The Morgan fingerprint density at radius 3 is 2.72 bits per heavy atom. The van der Waals surface area contributed by atoms with Gasteiger partial charge in [-0.3, -0.25) is 4.90 Å². The Bertz CT molecular complexity index is 524. The van der Waals surface area contributed by atoms with Crippen molar-refractivity contribution in [3.63, 3.8) is 0 Å². The van der Waals surface area contributed by atoms with Crippen LogP contribution in [0.15, 0.2) is 28.7 Å². The van der Waals surface area contributed by atoms with Crippen molar-refractivity contribution in [3.8, 4) is 0 Å². The second-order valence-corrected chi connectivity index (χ2v) is 4.78. The molecule has 0 bridgehead atoms. The maximum Gasteiger partial charge on any atom is 0.322 e. The van der Waals surface area contributed by atoms with E-state index in [1.807, 2.05) is 30.9 Å². The fourth-order valence-corrected chi connectivity index (χ4v) is 1.81. The molecular weight excluding hydrogens is 250 g/mol. The van der Waals surface area contributed by atoms with Gasteiger partial charge in [0.1, 0.15) is 5.38 Å². The van der Waals surface area contributed by atoms with E-state index in [-0.39, 0.29) is 5.38 Å². The van der Waals surface area contributed by atoms with E-state index in [1.54, 1.807) is 0 Å². The Morgan fingerprint density at radius 2 is 2.17 bits per heavy atom. The number of alkyl halides is 1. The van der Waals surface area contributed by atoms with E-state index in [9.17, 15) is 0 Å². The standard InChI is InChI=1S/C13H16ClN3O/c1-4-17(11-7-5-6-9(2)8-11)13-16-15-12(18-13)10(3)14/h5-8,10H,4H2,1-3H3. The van der Waals surface area contributed by atoms with E-state index in [0.717, 1.165) is 12.2 Å². The molecule has 1 atom stereocenters. The lowest BCUT2D eigenvalue weighted by molar-refractivity contribution is 0.496. The summed E-state index contributed by atoms with van der Waals surface area (Å²) in [6, 6.07) is 8.64. The highest BCUT2D eigenvalue weighted by molar-refractivity contribution is 6.20. The molecule has 1 unspecified atom stereocenters. The molecule has 4 nitrogen and oxygen atoms in total. The van der Waals surface area contributed by atoms with Crippen LogP contribution in [0.4, 0.5) is 11.7 Å². The zero-order valence-electron chi connectivity index (χ0n) is 10.7. The minimum absolute atomic E-state index is 0.275. The Labute approximate surface area is 112 Å². The van der Waals surface area contributed by atoms with Crippen molar-refractivity contribution in [1.82, 2.24) is 10.2 Å². The molecule has 96 valence electrons. The molecule has 2 aromatic rings. The van der Waals surface area contributed by atoms with Gasteiger partial charge in [0, 0.05) is 12.2 Å². The number of aryl methyl sites for hydroxylation is 1. The molecule has 0 saturated carbocycles.